The van der Waals surface area contributed by atoms with Gasteiger partial charge in [0.1, 0.15) is 0 Å². The molecule has 0 aliphatic heterocycles. The van der Waals surface area contributed by atoms with Gasteiger partial charge in [-0.2, -0.15) is 0 Å². The average Bonchev–Trinajstić information content (AvgIpc) is 2.50. The maximum atomic E-state index is 9.00. The average molecular weight is 272 g/mol. The van der Waals surface area contributed by atoms with Crippen LogP contribution in [0.25, 0.3) is 10.8 Å². The molecule has 0 unspecified atom stereocenters. The van der Waals surface area contributed by atoms with Crippen LogP contribution in [0.5, 0.6) is 0 Å². The van der Waals surface area contributed by atoms with Crippen molar-refractivity contribution in [2.75, 3.05) is 13.2 Å². The summed E-state index contributed by atoms with van der Waals surface area (Å²) < 4.78 is 0. The fraction of sp³-hybridized carbons (Fsp3) is 0.444. The first-order valence-electron chi connectivity index (χ1n) is 7.58. The molecule has 2 rings (SSSR count). The third kappa shape index (κ3) is 3.81. The molecule has 0 aromatic heterocycles. The smallest absolute Gasteiger partial charge is 0.0434 e. The van der Waals surface area contributed by atoms with Crippen LogP contribution >= 0.6 is 0 Å². The summed E-state index contributed by atoms with van der Waals surface area (Å²) in [5, 5.41) is 20.5. The summed E-state index contributed by atoms with van der Waals surface area (Å²) in [6.07, 6.45) is 5.92. The van der Waals surface area contributed by atoms with Gasteiger partial charge in [-0.3, -0.25) is 0 Å². The van der Waals surface area contributed by atoms with Crippen LogP contribution in [0.15, 0.2) is 36.4 Å². The first-order chi connectivity index (χ1) is 9.86. The lowest BCUT2D eigenvalue weighted by Gasteiger charge is -2.11. The molecule has 0 spiro atoms. The van der Waals surface area contributed by atoms with E-state index in [2.05, 4.69) is 36.4 Å². The minimum Gasteiger partial charge on any atom is -0.396 e. The third-order valence-electron chi connectivity index (χ3n) is 3.81. The highest BCUT2D eigenvalue weighted by molar-refractivity contribution is 5.88. The van der Waals surface area contributed by atoms with E-state index in [9.17, 15) is 0 Å². The van der Waals surface area contributed by atoms with Crippen LogP contribution in [0.1, 0.15) is 36.8 Å². The summed E-state index contributed by atoms with van der Waals surface area (Å²) in [6, 6.07) is 13.0. The Morgan fingerprint density at radius 1 is 0.600 bits per heavy atom. The van der Waals surface area contributed by atoms with Crippen molar-refractivity contribution in [3.63, 3.8) is 0 Å². The van der Waals surface area contributed by atoms with Gasteiger partial charge in [0.05, 0.1) is 0 Å². The second-order valence-electron chi connectivity index (χ2n) is 5.29. The van der Waals surface area contributed by atoms with E-state index >= 15 is 0 Å². The molecule has 0 bridgehead atoms. The molecule has 2 nitrogen and oxygen atoms in total. The number of unbranched alkanes of at least 4 members (excludes halogenated alkanes) is 2. The molecule has 2 aromatic carbocycles. The maximum Gasteiger partial charge on any atom is 0.0434 e. The van der Waals surface area contributed by atoms with Crippen LogP contribution in [0.3, 0.4) is 0 Å². The largest absolute Gasteiger partial charge is 0.396 e. The van der Waals surface area contributed by atoms with E-state index in [1.165, 1.54) is 21.9 Å². The van der Waals surface area contributed by atoms with Crippen molar-refractivity contribution in [3.8, 4) is 0 Å². The molecule has 0 amide bonds. The highest BCUT2D eigenvalue weighted by atomic mass is 16.3. The monoisotopic (exact) mass is 272 g/mol. The number of aliphatic hydroxyl groups excluding tert-OH is 2. The molecule has 0 fully saturated rings. The minimum atomic E-state index is 0.247. The Balaban J connectivity index is 2.19. The molecule has 108 valence electrons. The summed E-state index contributed by atoms with van der Waals surface area (Å²) >= 11 is 0. The summed E-state index contributed by atoms with van der Waals surface area (Å²) in [4.78, 5) is 0. The van der Waals surface area contributed by atoms with Crippen molar-refractivity contribution in [3.05, 3.63) is 47.5 Å². The Morgan fingerprint density at radius 2 is 1.15 bits per heavy atom. The molecule has 2 heteroatoms. The Labute approximate surface area is 121 Å². The van der Waals surface area contributed by atoms with Gasteiger partial charge in [-0.25, -0.2) is 0 Å². The van der Waals surface area contributed by atoms with Gasteiger partial charge in [0.25, 0.3) is 0 Å². The third-order valence-corrected chi connectivity index (χ3v) is 3.81. The van der Waals surface area contributed by atoms with Gasteiger partial charge in [0.15, 0.2) is 0 Å². The normalized spacial score (nSPS) is 11.1. The number of fused-ring (bicyclic) bond motifs is 1. The van der Waals surface area contributed by atoms with E-state index in [4.69, 9.17) is 10.2 Å². The van der Waals surface area contributed by atoms with Gasteiger partial charge in [-0.15, -0.1) is 0 Å². The number of hydrogen-bond donors (Lipinski definition) is 2. The Bertz CT molecular complexity index is 534. The van der Waals surface area contributed by atoms with Gasteiger partial charge in [-0.1, -0.05) is 42.8 Å². The molecule has 2 N–H and O–H groups in total. The zero-order chi connectivity index (χ0) is 14.2. The van der Waals surface area contributed by atoms with Crippen molar-refractivity contribution in [2.45, 2.75) is 38.5 Å². The number of hydrogen-bond acceptors (Lipinski definition) is 2. The predicted octanol–water partition coefficient (Wildman–Crippen LogP) is 3.47. The zero-order valence-electron chi connectivity index (χ0n) is 12.0. The maximum absolute atomic E-state index is 9.00. The van der Waals surface area contributed by atoms with Crippen molar-refractivity contribution >= 4 is 10.8 Å². The zero-order valence-corrected chi connectivity index (χ0v) is 12.0. The Morgan fingerprint density at radius 3 is 1.70 bits per heavy atom. The van der Waals surface area contributed by atoms with Crippen LogP contribution in [-0.2, 0) is 12.8 Å². The second kappa shape index (κ2) is 8.03. The number of rotatable bonds is 8. The SMILES string of the molecule is OCCCCCc1ccc(CCCO)c2ccccc12. The first kappa shape index (κ1) is 15.0. The van der Waals surface area contributed by atoms with E-state index in [0.717, 1.165) is 38.5 Å². The van der Waals surface area contributed by atoms with Crippen LogP contribution in [-0.4, -0.2) is 23.4 Å². The van der Waals surface area contributed by atoms with Crippen molar-refractivity contribution in [1.82, 2.24) is 0 Å². The van der Waals surface area contributed by atoms with E-state index in [1.807, 2.05) is 0 Å². The Hall–Kier alpha value is -1.38. The summed E-state index contributed by atoms with van der Waals surface area (Å²) in [6.45, 7) is 0.540. The number of aliphatic hydroxyl groups is 2. The molecular weight excluding hydrogens is 248 g/mol. The van der Waals surface area contributed by atoms with Crippen molar-refractivity contribution < 1.29 is 10.2 Å². The van der Waals surface area contributed by atoms with Crippen molar-refractivity contribution in [2.24, 2.45) is 0 Å². The molecule has 2 aromatic rings. The summed E-state index contributed by atoms with van der Waals surface area (Å²) in [7, 11) is 0. The van der Waals surface area contributed by atoms with Crippen LogP contribution < -0.4 is 0 Å². The van der Waals surface area contributed by atoms with E-state index < -0.39 is 0 Å². The van der Waals surface area contributed by atoms with E-state index in [1.54, 1.807) is 0 Å². The van der Waals surface area contributed by atoms with Gasteiger partial charge in [0, 0.05) is 13.2 Å². The first-order valence-corrected chi connectivity index (χ1v) is 7.58. The Kier molecular flexibility index (Phi) is 6.03. The molecule has 0 aliphatic carbocycles. The molecule has 0 saturated carbocycles. The fourth-order valence-corrected chi connectivity index (χ4v) is 2.73. The lowest BCUT2D eigenvalue weighted by atomic mass is 9.94. The van der Waals surface area contributed by atoms with Crippen molar-refractivity contribution in [1.29, 1.82) is 0 Å². The van der Waals surface area contributed by atoms with E-state index in [-0.39, 0.29) is 6.61 Å². The molecule has 0 radical (unpaired) electrons. The molecule has 0 heterocycles. The van der Waals surface area contributed by atoms with Gasteiger partial charge < -0.3 is 10.2 Å². The predicted molar refractivity (Wildman–Crippen MR) is 84.0 cm³/mol. The molecule has 20 heavy (non-hydrogen) atoms. The number of benzene rings is 2. The van der Waals surface area contributed by atoms with Crippen LogP contribution in [0, 0.1) is 0 Å². The number of aryl methyl sites for hydroxylation is 2. The van der Waals surface area contributed by atoms with E-state index in [0.29, 0.717) is 6.61 Å². The van der Waals surface area contributed by atoms with Gasteiger partial charge in [-0.05, 0) is 54.0 Å². The minimum absolute atomic E-state index is 0.247. The lowest BCUT2D eigenvalue weighted by molar-refractivity contribution is 0.283. The van der Waals surface area contributed by atoms with Crippen LogP contribution in [0.2, 0.25) is 0 Å². The topological polar surface area (TPSA) is 40.5 Å². The van der Waals surface area contributed by atoms with Crippen LogP contribution in [0.4, 0.5) is 0 Å². The fourth-order valence-electron chi connectivity index (χ4n) is 2.73. The molecule has 0 aliphatic rings. The second-order valence-corrected chi connectivity index (χ2v) is 5.29. The quantitative estimate of drug-likeness (QED) is 0.722. The standard InChI is InChI=1S/C18H24O2/c19-13-5-1-2-7-15-11-12-16(8-6-14-20)18-10-4-3-9-17(15)18/h3-4,9-12,19-20H,1-2,5-8,13-14H2. The lowest BCUT2D eigenvalue weighted by Crippen LogP contribution is -1.95. The highest BCUT2D eigenvalue weighted by Crippen LogP contribution is 2.25. The molecule has 0 saturated heterocycles. The summed E-state index contributed by atoms with van der Waals surface area (Å²) in [5.74, 6) is 0. The van der Waals surface area contributed by atoms with Gasteiger partial charge in [0.2, 0.25) is 0 Å². The highest BCUT2D eigenvalue weighted by Gasteiger charge is 2.05. The molecule has 0 atom stereocenters. The molecular formula is C18H24O2. The van der Waals surface area contributed by atoms with Gasteiger partial charge >= 0.3 is 0 Å². The summed E-state index contributed by atoms with van der Waals surface area (Å²) in [5.41, 5.74) is 2.72.